The molecule has 0 radical (unpaired) electrons. The lowest BCUT2D eigenvalue weighted by atomic mass is 9.90. The molecule has 0 fully saturated rings. The first-order chi connectivity index (χ1) is 20.8. The molecule has 0 aromatic heterocycles. The van der Waals surface area contributed by atoms with Crippen LogP contribution in [0.25, 0.3) is 86.9 Å². The fourth-order valence-corrected chi connectivity index (χ4v) is 6.92. The van der Waals surface area contributed by atoms with Crippen molar-refractivity contribution in [2.75, 3.05) is 0 Å². The van der Waals surface area contributed by atoms with E-state index in [1.54, 1.807) is 0 Å². The van der Waals surface area contributed by atoms with E-state index in [-0.39, 0.29) is 0 Å². The fraction of sp³-hybridized carbons (Fsp3) is 0. The number of hydrogen-bond donors (Lipinski definition) is 0. The average molecular weight is 531 g/mol. The molecule has 0 saturated heterocycles. The molecule has 0 aliphatic carbocycles. The zero-order chi connectivity index (χ0) is 27.6. The molecule has 0 unspecified atom stereocenters. The van der Waals surface area contributed by atoms with E-state index < -0.39 is 0 Å². The van der Waals surface area contributed by atoms with E-state index in [1.165, 1.54) is 86.9 Å². The van der Waals surface area contributed by atoms with Gasteiger partial charge in [-0.3, -0.25) is 0 Å². The Morgan fingerprint density at radius 1 is 0.214 bits per heavy atom. The van der Waals surface area contributed by atoms with Gasteiger partial charge in [-0.1, -0.05) is 133 Å². The Labute approximate surface area is 244 Å². The molecule has 0 spiro atoms. The summed E-state index contributed by atoms with van der Waals surface area (Å²) in [5.41, 5.74) is 5.04. The van der Waals surface area contributed by atoms with E-state index in [4.69, 9.17) is 0 Å². The van der Waals surface area contributed by atoms with Gasteiger partial charge in [-0.25, -0.2) is 0 Å². The Morgan fingerprint density at radius 3 is 1.10 bits per heavy atom. The summed E-state index contributed by atoms with van der Waals surface area (Å²) in [6.45, 7) is 0. The molecule has 0 amide bonds. The molecule has 0 aliphatic heterocycles. The number of benzene rings is 9. The average Bonchev–Trinajstić information content (AvgIpc) is 3.06. The van der Waals surface area contributed by atoms with Gasteiger partial charge in [0, 0.05) is 0 Å². The summed E-state index contributed by atoms with van der Waals surface area (Å²) < 4.78 is 0. The second-order valence-corrected chi connectivity index (χ2v) is 11.4. The van der Waals surface area contributed by atoms with Crippen LogP contribution in [0.3, 0.4) is 0 Å². The summed E-state index contributed by atoms with van der Waals surface area (Å²) in [6.07, 6.45) is 0. The molecule has 0 saturated carbocycles. The summed E-state index contributed by atoms with van der Waals surface area (Å²) in [4.78, 5) is 0. The van der Waals surface area contributed by atoms with Gasteiger partial charge in [0.2, 0.25) is 0 Å². The van der Waals surface area contributed by atoms with Crippen LogP contribution >= 0.6 is 0 Å². The molecular weight excluding hydrogens is 504 g/mol. The van der Waals surface area contributed by atoms with Crippen LogP contribution in [0.5, 0.6) is 0 Å². The molecule has 0 aliphatic rings. The maximum Gasteiger partial charge on any atom is -0.00990 e. The van der Waals surface area contributed by atoms with Crippen molar-refractivity contribution in [1.29, 1.82) is 0 Å². The van der Waals surface area contributed by atoms with Gasteiger partial charge in [0.1, 0.15) is 0 Å². The Morgan fingerprint density at radius 2 is 0.595 bits per heavy atom. The summed E-state index contributed by atoms with van der Waals surface area (Å²) in [5, 5.41) is 15.4. The first-order valence-electron chi connectivity index (χ1n) is 14.6. The van der Waals surface area contributed by atoms with E-state index in [9.17, 15) is 0 Å². The molecule has 194 valence electrons. The SMILES string of the molecule is c1cc(-c2ccc3c(ccc4ccccc43)c2)c2cc3cccc(-c4ccc5c(ccc6ccccc65)c4)c3cc2c1. The number of fused-ring (bicyclic) bond motifs is 8. The zero-order valence-corrected chi connectivity index (χ0v) is 23.0. The van der Waals surface area contributed by atoms with Crippen molar-refractivity contribution >= 4 is 64.6 Å². The van der Waals surface area contributed by atoms with Crippen molar-refractivity contribution < 1.29 is 0 Å². The first kappa shape index (κ1) is 23.3. The van der Waals surface area contributed by atoms with Crippen molar-refractivity contribution in [3.8, 4) is 22.3 Å². The topological polar surface area (TPSA) is 0 Å². The van der Waals surface area contributed by atoms with Crippen LogP contribution in [-0.2, 0) is 0 Å². The number of hydrogen-bond acceptors (Lipinski definition) is 0. The third kappa shape index (κ3) is 3.56. The van der Waals surface area contributed by atoms with Gasteiger partial charge in [0.15, 0.2) is 0 Å². The third-order valence-electron chi connectivity index (χ3n) is 8.99. The van der Waals surface area contributed by atoms with Gasteiger partial charge < -0.3 is 0 Å². The molecule has 0 heteroatoms. The Kier molecular flexibility index (Phi) is 5.00. The highest BCUT2D eigenvalue weighted by Gasteiger charge is 2.11. The monoisotopic (exact) mass is 530 g/mol. The molecular formula is C42H26. The standard InChI is InChI=1S/C42H26/c1-3-11-35-27(7-1)15-17-31-23-33(19-21-39(31)35)37-13-5-9-29-26-42-30(25-41(29)37)10-6-14-38(42)34-20-22-40-32(24-34)18-16-28-8-2-4-12-36(28)40/h1-26H. The Hall–Kier alpha value is -5.46. The summed E-state index contributed by atoms with van der Waals surface area (Å²) in [6, 6.07) is 58.2. The summed E-state index contributed by atoms with van der Waals surface area (Å²) in [5.74, 6) is 0. The molecule has 9 rings (SSSR count). The van der Waals surface area contributed by atoms with Crippen LogP contribution in [0.4, 0.5) is 0 Å². The largest absolute Gasteiger partial charge is 0.0616 e. The van der Waals surface area contributed by atoms with Gasteiger partial charge in [0.25, 0.3) is 0 Å². The normalized spacial score (nSPS) is 11.8. The highest BCUT2D eigenvalue weighted by Crippen LogP contribution is 2.38. The maximum atomic E-state index is 2.38. The lowest BCUT2D eigenvalue weighted by Gasteiger charge is -2.13. The predicted molar refractivity (Wildman–Crippen MR) is 182 cm³/mol. The molecule has 9 aromatic rings. The predicted octanol–water partition coefficient (Wildman–Crippen LogP) is 11.9. The maximum absolute atomic E-state index is 2.38. The van der Waals surface area contributed by atoms with E-state index >= 15 is 0 Å². The lowest BCUT2D eigenvalue weighted by molar-refractivity contribution is 1.68. The minimum Gasteiger partial charge on any atom is -0.0616 e. The van der Waals surface area contributed by atoms with E-state index in [0.717, 1.165) is 0 Å². The van der Waals surface area contributed by atoms with Gasteiger partial charge in [0.05, 0.1) is 0 Å². The van der Waals surface area contributed by atoms with Gasteiger partial charge >= 0.3 is 0 Å². The molecule has 0 bridgehead atoms. The lowest BCUT2D eigenvalue weighted by Crippen LogP contribution is -1.87. The van der Waals surface area contributed by atoms with Crippen molar-refractivity contribution in [3.05, 3.63) is 158 Å². The molecule has 42 heavy (non-hydrogen) atoms. The van der Waals surface area contributed by atoms with Crippen LogP contribution in [0.2, 0.25) is 0 Å². The van der Waals surface area contributed by atoms with E-state index in [0.29, 0.717) is 0 Å². The molecule has 0 nitrogen and oxygen atoms in total. The van der Waals surface area contributed by atoms with Crippen LogP contribution in [-0.4, -0.2) is 0 Å². The Balaban J connectivity index is 1.21. The van der Waals surface area contributed by atoms with Crippen LogP contribution < -0.4 is 0 Å². The van der Waals surface area contributed by atoms with Crippen molar-refractivity contribution in [3.63, 3.8) is 0 Å². The fourth-order valence-electron chi connectivity index (χ4n) is 6.92. The van der Waals surface area contributed by atoms with Crippen LogP contribution in [0.1, 0.15) is 0 Å². The second kappa shape index (κ2) is 9.03. The van der Waals surface area contributed by atoms with Gasteiger partial charge in [-0.05, 0) is 111 Å². The minimum absolute atomic E-state index is 1.25. The minimum atomic E-state index is 1.25. The van der Waals surface area contributed by atoms with Crippen LogP contribution in [0.15, 0.2) is 158 Å². The van der Waals surface area contributed by atoms with Crippen molar-refractivity contribution in [2.24, 2.45) is 0 Å². The number of rotatable bonds is 2. The Bertz CT molecular complexity index is 2340. The van der Waals surface area contributed by atoms with E-state index in [2.05, 4.69) is 158 Å². The molecule has 0 N–H and O–H groups in total. The second-order valence-electron chi connectivity index (χ2n) is 11.4. The highest BCUT2D eigenvalue weighted by molar-refractivity contribution is 6.13. The summed E-state index contributed by atoms with van der Waals surface area (Å²) >= 11 is 0. The first-order valence-corrected chi connectivity index (χ1v) is 14.6. The van der Waals surface area contributed by atoms with Crippen molar-refractivity contribution in [2.45, 2.75) is 0 Å². The third-order valence-corrected chi connectivity index (χ3v) is 8.99. The van der Waals surface area contributed by atoms with Gasteiger partial charge in [-0.2, -0.15) is 0 Å². The zero-order valence-electron chi connectivity index (χ0n) is 23.0. The summed E-state index contributed by atoms with van der Waals surface area (Å²) in [7, 11) is 0. The van der Waals surface area contributed by atoms with Crippen LogP contribution in [0, 0.1) is 0 Å². The molecule has 0 atom stereocenters. The van der Waals surface area contributed by atoms with Crippen molar-refractivity contribution in [1.82, 2.24) is 0 Å². The molecule has 9 aromatic carbocycles. The quantitative estimate of drug-likeness (QED) is 0.154. The van der Waals surface area contributed by atoms with E-state index in [1.807, 2.05) is 0 Å². The molecule has 0 heterocycles. The smallest absolute Gasteiger partial charge is 0.00990 e. The highest BCUT2D eigenvalue weighted by atomic mass is 14.1. The van der Waals surface area contributed by atoms with Gasteiger partial charge in [-0.15, -0.1) is 0 Å².